The van der Waals surface area contributed by atoms with E-state index in [0.29, 0.717) is 12.4 Å². The Hall–Kier alpha value is -1.83. The first-order valence-electron chi connectivity index (χ1n) is 6.74. The molecule has 0 spiro atoms. The molecule has 0 radical (unpaired) electrons. The van der Waals surface area contributed by atoms with Crippen LogP contribution in [0.4, 0.5) is 5.95 Å². The van der Waals surface area contributed by atoms with Gasteiger partial charge in [0.2, 0.25) is 5.95 Å². The van der Waals surface area contributed by atoms with Crippen LogP contribution in [0.1, 0.15) is 19.3 Å². The van der Waals surface area contributed by atoms with E-state index in [-0.39, 0.29) is 11.4 Å². The highest BCUT2D eigenvalue weighted by molar-refractivity contribution is 7.99. The van der Waals surface area contributed by atoms with E-state index in [0.717, 1.165) is 34.7 Å². The highest BCUT2D eigenvalue weighted by atomic mass is 32.2. The first-order chi connectivity index (χ1) is 10.2. The number of thioether (sulfide) groups is 1. The van der Waals surface area contributed by atoms with Crippen molar-refractivity contribution in [3.05, 3.63) is 6.20 Å². The van der Waals surface area contributed by atoms with E-state index in [1.165, 1.54) is 7.11 Å². The number of aromatic amines is 1. The maximum Gasteiger partial charge on any atom is 0.306 e. The second-order valence-corrected chi connectivity index (χ2v) is 6.24. The van der Waals surface area contributed by atoms with Crippen LogP contribution in [0.2, 0.25) is 0 Å². The summed E-state index contributed by atoms with van der Waals surface area (Å²) >= 11 is 1.65. The highest BCUT2D eigenvalue weighted by Crippen LogP contribution is 2.52. The molecule has 1 fully saturated rings. The molecule has 0 amide bonds. The van der Waals surface area contributed by atoms with Gasteiger partial charge in [-0.1, -0.05) is 0 Å². The SMILES string of the molecule is CNc1nc(SCC2(CC(=O)OC)CC2)c2cn[nH]c2n1. The van der Waals surface area contributed by atoms with Gasteiger partial charge < -0.3 is 10.1 Å². The van der Waals surface area contributed by atoms with Gasteiger partial charge >= 0.3 is 5.97 Å². The van der Waals surface area contributed by atoms with Crippen molar-refractivity contribution in [3.8, 4) is 0 Å². The summed E-state index contributed by atoms with van der Waals surface area (Å²) in [4.78, 5) is 20.3. The summed E-state index contributed by atoms with van der Waals surface area (Å²) in [6, 6.07) is 0. The van der Waals surface area contributed by atoms with Crippen LogP contribution in [0.3, 0.4) is 0 Å². The number of rotatable bonds is 6. The highest BCUT2D eigenvalue weighted by Gasteiger charge is 2.44. The Morgan fingerprint density at radius 1 is 1.52 bits per heavy atom. The molecular formula is C13H17N5O2S. The van der Waals surface area contributed by atoms with Crippen molar-refractivity contribution in [2.24, 2.45) is 5.41 Å². The zero-order valence-electron chi connectivity index (χ0n) is 12.0. The van der Waals surface area contributed by atoms with Gasteiger partial charge in [-0.05, 0) is 18.3 Å². The van der Waals surface area contributed by atoms with Gasteiger partial charge in [0, 0.05) is 12.8 Å². The number of hydrogen-bond donors (Lipinski definition) is 2. The molecule has 2 N–H and O–H groups in total. The molecule has 0 saturated heterocycles. The number of carbonyl (C=O) groups excluding carboxylic acids is 1. The fraction of sp³-hybridized carbons (Fsp3) is 0.538. The molecule has 112 valence electrons. The van der Waals surface area contributed by atoms with Crippen LogP contribution in [0.15, 0.2) is 11.2 Å². The van der Waals surface area contributed by atoms with Crippen molar-refractivity contribution in [1.29, 1.82) is 0 Å². The fourth-order valence-electron chi connectivity index (χ4n) is 2.18. The summed E-state index contributed by atoms with van der Waals surface area (Å²) in [5.74, 6) is 1.27. The molecule has 8 heteroatoms. The van der Waals surface area contributed by atoms with Gasteiger partial charge in [0.25, 0.3) is 0 Å². The van der Waals surface area contributed by atoms with Crippen LogP contribution in [-0.2, 0) is 9.53 Å². The van der Waals surface area contributed by atoms with E-state index in [1.54, 1.807) is 25.0 Å². The zero-order valence-corrected chi connectivity index (χ0v) is 12.8. The second kappa shape index (κ2) is 5.51. The minimum Gasteiger partial charge on any atom is -0.469 e. The molecule has 2 aromatic rings. The van der Waals surface area contributed by atoms with Crippen LogP contribution < -0.4 is 5.32 Å². The number of hydrogen-bond acceptors (Lipinski definition) is 7. The van der Waals surface area contributed by atoms with E-state index in [9.17, 15) is 4.79 Å². The first kappa shape index (κ1) is 14.1. The average Bonchev–Trinajstić information content (AvgIpc) is 3.09. The molecule has 0 aliphatic heterocycles. The molecule has 2 aromatic heterocycles. The molecule has 7 nitrogen and oxygen atoms in total. The zero-order chi connectivity index (χ0) is 14.9. The number of fused-ring (bicyclic) bond motifs is 1. The van der Waals surface area contributed by atoms with Crippen LogP contribution in [-0.4, -0.2) is 46.0 Å². The number of nitrogens with zero attached hydrogens (tertiary/aromatic N) is 3. The third-order valence-corrected chi connectivity index (χ3v) is 5.06. The summed E-state index contributed by atoms with van der Waals surface area (Å²) in [6.07, 6.45) is 4.34. The van der Waals surface area contributed by atoms with Gasteiger partial charge in [0.05, 0.1) is 25.1 Å². The predicted octanol–water partition coefficient (Wildman–Crippen LogP) is 1.83. The smallest absolute Gasteiger partial charge is 0.306 e. The van der Waals surface area contributed by atoms with Crippen molar-refractivity contribution < 1.29 is 9.53 Å². The topological polar surface area (TPSA) is 92.8 Å². The minimum atomic E-state index is -0.139. The summed E-state index contributed by atoms with van der Waals surface area (Å²) in [5, 5.41) is 11.6. The summed E-state index contributed by atoms with van der Waals surface area (Å²) in [5.41, 5.74) is 0.785. The average molecular weight is 307 g/mol. The molecule has 2 heterocycles. The lowest BCUT2D eigenvalue weighted by Gasteiger charge is -2.13. The summed E-state index contributed by atoms with van der Waals surface area (Å²) < 4.78 is 4.77. The molecule has 3 rings (SSSR count). The predicted molar refractivity (Wildman–Crippen MR) is 80.3 cm³/mol. The minimum absolute atomic E-state index is 0.0680. The number of carbonyl (C=O) groups is 1. The molecular weight excluding hydrogens is 290 g/mol. The number of esters is 1. The number of ether oxygens (including phenoxy) is 1. The lowest BCUT2D eigenvalue weighted by molar-refractivity contribution is -0.141. The molecule has 0 bridgehead atoms. The number of aromatic nitrogens is 4. The van der Waals surface area contributed by atoms with Gasteiger partial charge in [0.15, 0.2) is 5.65 Å². The molecule has 0 unspecified atom stereocenters. The van der Waals surface area contributed by atoms with E-state index in [4.69, 9.17) is 4.74 Å². The van der Waals surface area contributed by atoms with E-state index in [1.807, 2.05) is 0 Å². The van der Waals surface area contributed by atoms with Crippen LogP contribution in [0.25, 0.3) is 11.0 Å². The third kappa shape index (κ3) is 2.94. The Labute approximate surface area is 126 Å². The van der Waals surface area contributed by atoms with Crippen LogP contribution in [0, 0.1) is 5.41 Å². The van der Waals surface area contributed by atoms with Crippen molar-refractivity contribution in [3.63, 3.8) is 0 Å². The normalized spacial score (nSPS) is 15.9. The fourth-order valence-corrected chi connectivity index (χ4v) is 3.47. The van der Waals surface area contributed by atoms with E-state index < -0.39 is 0 Å². The Balaban J connectivity index is 1.76. The summed E-state index contributed by atoms with van der Waals surface area (Å²) in [7, 11) is 3.22. The lowest BCUT2D eigenvalue weighted by atomic mass is 10.1. The molecule has 21 heavy (non-hydrogen) atoms. The largest absolute Gasteiger partial charge is 0.469 e. The van der Waals surface area contributed by atoms with Crippen LogP contribution in [0.5, 0.6) is 0 Å². The second-order valence-electron chi connectivity index (χ2n) is 5.28. The number of H-pyrrole nitrogens is 1. The Morgan fingerprint density at radius 3 is 3.00 bits per heavy atom. The van der Waals surface area contributed by atoms with Crippen molar-refractivity contribution in [1.82, 2.24) is 20.2 Å². The maximum atomic E-state index is 11.5. The Kier molecular flexibility index (Phi) is 3.71. The van der Waals surface area contributed by atoms with E-state index in [2.05, 4.69) is 25.5 Å². The third-order valence-electron chi connectivity index (χ3n) is 3.72. The maximum absolute atomic E-state index is 11.5. The number of methoxy groups -OCH3 is 1. The van der Waals surface area contributed by atoms with Gasteiger partial charge in [-0.2, -0.15) is 10.1 Å². The summed E-state index contributed by atoms with van der Waals surface area (Å²) in [6.45, 7) is 0. The Bertz CT molecular complexity index is 668. The van der Waals surface area contributed by atoms with Crippen molar-refractivity contribution in [2.45, 2.75) is 24.3 Å². The van der Waals surface area contributed by atoms with E-state index >= 15 is 0 Å². The first-order valence-corrected chi connectivity index (χ1v) is 7.73. The molecule has 1 aliphatic rings. The van der Waals surface area contributed by atoms with Gasteiger partial charge in [-0.25, -0.2) is 4.98 Å². The van der Waals surface area contributed by atoms with Gasteiger partial charge in [0.1, 0.15) is 5.03 Å². The number of nitrogens with one attached hydrogen (secondary N) is 2. The molecule has 1 saturated carbocycles. The standard InChI is InChI=1S/C13H17N5O2S/c1-14-12-16-10-8(6-15-18-10)11(17-12)21-7-13(3-4-13)5-9(19)20-2/h6H,3-5,7H2,1-2H3,(H2,14,15,16,17,18). The number of anilines is 1. The Morgan fingerprint density at radius 2 is 2.33 bits per heavy atom. The van der Waals surface area contributed by atoms with Gasteiger partial charge in [-0.3, -0.25) is 9.89 Å². The molecule has 0 aromatic carbocycles. The van der Waals surface area contributed by atoms with Gasteiger partial charge in [-0.15, -0.1) is 11.8 Å². The molecule has 0 atom stereocenters. The van der Waals surface area contributed by atoms with Crippen molar-refractivity contribution in [2.75, 3.05) is 25.2 Å². The van der Waals surface area contributed by atoms with Crippen LogP contribution >= 0.6 is 11.8 Å². The van der Waals surface area contributed by atoms with Crippen molar-refractivity contribution >= 4 is 34.7 Å². The monoisotopic (exact) mass is 307 g/mol. The molecule has 1 aliphatic carbocycles. The quantitative estimate of drug-likeness (QED) is 0.478. The lowest BCUT2D eigenvalue weighted by Crippen LogP contribution is -2.13.